The molecule has 31 heavy (non-hydrogen) atoms. The standard InChI is InChI=1S/C21H18Cl2N2O6/c1-29-17-9-13(7-15(23)19(17)31-11-18(26)30-2)8-16-20(27)25(21(28)24-16)10-12-3-5-14(22)6-4-12/h3-9H,10-11H2,1-2H3,(H,24,28). The first-order chi connectivity index (χ1) is 14.8. The Morgan fingerprint density at radius 2 is 1.84 bits per heavy atom. The van der Waals surface area contributed by atoms with Crippen LogP contribution in [0, 0.1) is 0 Å². The van der Waals surface area contributed by atoms with Crippen LogP contribution in [0.3, 0.4) is 0 Å². The van der Waals surface area contributed by atoms with E-state index >= 15 is 0 Å². The van der Waals surface area contributed by atoms with Gasteiger partial charge >= 0.3 is 12.0 Å². The number of benzene rings is 2. The van der Waals surface area contributed by atoms with Gasteiger partial charge in [0.1, 0.15) is 5.70 Å². The van der Waals surface area contributed by atoms with Crippen LogP contribution >= 0.6 is 23.2 Å². The number of methoxy groups -OCH3 is 2. The van der Waals surface area contributed by atoms with Gasteiger partial charge in [-0.25, -0.2) is 9.59 Å². The monoisotopic (exact) mass is 464 g/mol. The molecule has 162 valence electrons. The minimum Gasteiger partial charge on any atom is -0.493 e. The van der Waals surface area contributed by atoms with Gasteiger partial charge in [0.25, 0.3) is 5.91 Å². The molecule has 8 nitrogen and oxygen atoms in total. The summed E-state index contributed by atoms with van der Waals surface area (Å²) in [6.45, 7) is -0.245. The number of carbonyl (C=O) groups excluding carboxylic acids is 3. The second-order valence-electron chi connectivity index (χ2n) is 6.40. The zero-order valence-corrected chi connectivity index (χ0v) is 18.1. The van der Waals surface area contributed by atoms with Gasteiger partial charge in [0.05, 0.1) is 25.8 Å². The Morgan fingerprint density at radius 3 is 2.48 bits per heavy atom. The van der Waals surface area contributed by atoms with E-state index in [0.717, 1.165) is 10.5 Å². The summed E-state index contributed by atoms with van der Waals surface area (Å²) in [5.74, 6) is -0.661. The zero-order chi connectivity index (χ0) is 22.5. The van der Waals surface area contributed by atoms with Gasteiger partial charge in [0.15, 0.2) is 18.1 Å². The molecule has 1 aliphatic heterocycles. The number of carbonyl (C=O) groups is 3. The highest BCUT2D eigenvalue weighted by Crippen LogP contribution is 2.37. The molecule has 10 heteroatoms. The van der Waals surface area contributed by atoms with Crippen molar-refractivity contribution in [1.29, 1.82) is 0 Å². The van der Waals surface area contributed by atoms with Gasteiger partial charge in [-0.1, -0.05) is 35.3 Å². The molecule has 0 radical (unpaired) electrons. The van der Waals surface area contributed by atoms with Crippen LogP contribution in [-0.4, -0.2) is 43.6 Å². The molecule has 0 saturated carbocycles. The number of rotatable bonds is 7. The number of hydrogen-bond acceptors (Lipinski definition) is 6. The van der Waals surface area contributed by atoms with Crippen LogP contribution in [0.25, 0.3) is 6.08 Å². The van der Waals surface area contributed by atoms with Gasteiger partial charge in [-0.2, -0.15) is 0 Å². The van der Waals surface area contributed by atoms with E-state index in [1.165, 1.54) is 26.4 Å². The molecule has 2 aromatic rings. The highest BCUT2D eigenvalue weighted by Gasteiger charge is 2.33. The third-order valence-corrected chi connectivity index (χ3v) is 4.87. The first kappa shape index (κ1) is 22.5. The third kappa shape index (κ3) is 5.28. The quantitative estimate of drug-likeness (QED) is 0.381. The number of ether oxygens (including phenoxy) is 3. The van der Waals surface area contributed by atoms with E-state index < -0.39 is 17.9 Å². The summed E-state index contributed by atoms with van der Waals surface area (Å²) in [7, 11) is 2.65. The lowest BCUT2D eigenvalue weighted by Gasteiger charge is -2.13. The molecule has 0 aromatic heterocycles. The predicted octanol–water partition coefficient (Wildman–Crippen LogP) is 3.65. The number of halogens is 2. The van der Waals surface area contributed by atoms with Gasteiger partial charge < -0.3 is 19.5 Å². The highest BCUT2D eigenvalue weighted by atomic mass is 35.5. The Kier molecular flexibility index (Phi) is 7.04. The van der Waals surface area contributed by atoms with Gasteiger partial charge in [-0.15, -0.1) is 0 Å². The largest absolute Gasteiger partial charge is 0.493 e. The number of nitrogens with one attached hydrogen (secondary N) is 1. The van der Waals surface area contributed by atoms with Crippen molar-refractivity contribution in [1.82, 2.24) is 10.2 Å². The molecule has 0 bridgehead atoms. The second-order valence-corrected chi connectivity index (χ2v) is 7.25. The fourth-order valence-corrected chi connectivity index (χ4v) is 3.21. The normalized spacial score (nSPS) is 14.6. The molecule has 1 N–H and O–H groups in total. The number of nitrogens with zero attached hydrogens (tertiary/aromatic N) is 1. The van der Waals surface area contributed by atoms with Crippen molar-refractivity contribution >= 4 is 47.2 Å². The lowest BCUT2D eigenvalue weighted by Crippen LogP contribution is -2.30. The van der Waals surface area contributed by atoms with Crippen LogP contribution in [0.5, 0.6) is 11.5 Å². The average molecular weight is 465 g/mol. The van der Waals surface area contributed by atoms with Gasteiger partial charge in [0, 0.05) is 5.02 Å². The molecule has 0 unspecified atom stereocenters. The number of hydrogen-bond donors (Lipinski definition) is 1. The Hall–Kier alpha value is -3.23. The topological polar surface area (TPSA) is 94.2 Å². The van der Waals surface area contributed by atoms with Crippen molar-refractivity contribution in [2.75, 3.05) is 20.8 Å². The van der Waals surface area contributed by atoms with Crippen LogP contribution < -0.4 is 14.8 Å². The lowest BCUT2D eigenvalue weighted by molar-refractivity contribution is -0.142. The Morgan fingerprint density at radius 1 is 1.13 bits per heavy atom. The number of amides is 3. The van der Waals surface area contributed by atoms with Crippen LogP contribution in [0.1, 0.15) is 11.1 Å². The molecular formula is C21H18Cl2N2O6. The summed E-state index contributed by atoms with van der Waals surface area (Å²) in [6.07, 6.45) is 1.47. The maximum Gasteiger partial charge on any atom is 0.343 e. The van der Waals surface area contributed by atoms with Crippen molar-refractivity contribution in [2.45, 2.75) is 6.54 Å². The van der Waals surface area contributed by atoms with Crippen molar-refractivity contribution in [2.24, 2.45) is 0 Å². The van der Waals surface area contributed by atoms with E-state index in [2.05, 4.69) is 10.1 Å². The fourth-order valence-electron chi connectivity index (χ4n) is 2.81. The molecule has 0 atom stereocenters. The first-order valence-corrected chi connectivity index (χ1v) is 9.74. The number of urea groups is 1. The summed E-state index contributed by atoms with van der Waals surface area (Å²) in [5, 5.41) is 3.27. The van der Waals surface area contributed by atoms with Crippen molar-refractivity contribution in [3.8, 4) is 11.5 Å². The molecule has 1 fully saturated rings. The number of esters is 1. The molecule has 0 spiro atoms. The summed E-state index contributed by atoms with van der Waals surface area (Å²) < 4.78 is 15.2. The van der Waals surface area contributed by atoms with E-state index in [1.807, 2.05) is 0 Å². The molecule has 3 rings (SSSR count). The van der Waals surface area contributed by atoms with Gasteiger partial charge in [0.2, 0.25) is 0 Å². The van der Waals surface area contributed by atoms with Gasteiger partial charge in [-0.3, -0.25) is 9.69 Å². The molecule has 3 amide bonds. The zero-order valence-electron chi connectivity index (χ0n) is 16.6. The molecule has 2 aromatic carbocycles. The van der Waals surface area contributed by atoms with E-state index in [-0.39, 0.29) is 35.4 Å². The minimum atomic E-state index is -0.579. The Bertz CT molecular complexity index is 1050. The molecule has 0 aliphatic carbocycles. The van der Waals surface area contributed by atoms with Crippen LogP contribution in [0.15, 0.2) is 42.1 Å². The predicted molar refractivity (Wildman–Crippen MR) is 114 cm³/mol. The maximum atomic E-state index is 12.7. The van der Waals surface area contributed by atoms with Gasteiger partial charge in [-0.05, 0) is 41.5 Å². The first-order valence-electron chi connectivity index (χ1n) is 8.98. The Labute approximate surface area is 188 Å². The average Bonchev–Trinajstić information content (AvgIpc) is 3.01. The smallest absolute Gasteiger partial charge is 0.343 e. The SMILES string of the molecule is COC(=O)COc1c(Cl)cc(C=C2NC(=O)N(Cc3ccc(Cl)cc3)C2=O)cc1OC. The second kappa shape index (κ2) is 9.72. The molecular weight excluding hydrogens is 447 g/mol. The van der Waals surface area contributed by atoms with Crippen LogP contribution in [-0.2, 0) is 20.9 Å². The van der Waals surface area contributed by atoms with E-state index in [4.69, 9.17) is 32.7 Å². The summed E-state index contributed by atoms with van der Waals surface area (Å²) in [4.78, 5) is 37.4. The molecule has 1 aliphatic rings. The molecule has 1 saturated heterocycles. The van der Waals surface area contributed by atoms with E-state index in [1.54, 1.807) is 30.3 Å². The summed E-state index contributed by atoms with van der Waals surface area (Å²) in [5.41, 5.74) is 1.33. The van der Waals surface area contributed by atoms with Crippen LogP contribution in [0.2, 0.25) is 10.0 Å². The van der Waals surface area contributed by atoms with Crippen molar-refractivity contribution < 1.29 is 28.6 Å². The van der Waals surface area contributed by atoms with Crippen molar-refractivity contribution in [3.05, 3.63) is 63.3 Å². The maximum absolute atomic E-state index is 12.7. The van der Waals surface area contributed by atoms with E-state index in [9.17, 15) is 14.4 Å². The third-order valence-electron chi connectivity index (χ3n) is 4.34. The summed E-state index contributed by atoms with van der Waals surface area (Å²) >= 11 is 12.1. The van der Waals surface area contributed by atoms with Crippen LogP contribution in [0.4, 0.5) is 4.79 Å². The van der Waals surface area contributed by atoms with E-state index in [0.29, 0.717) is 10.6 Å². The lowest BCUT2D eigenvalue weighted by atomic mass is 10.1. The fraction of sp³-hybridized carbons (Fsp3) is 0.190. The highest BCUT2D eigenvalue weighted by molar-refractivity contribution is 6.32. The number of imide groups is 1. The molecule has 1 heterocycles. The summed E-state index contributed by atoms with van der Waals surface area (Å²) in [6, 6.07) is 9.39. The van der Waals surface area contributed by atoms with Crippen molar-refractivity contribution in [3.63, 3.8) is 0 Å². The minimum absolute atomic E-state index is 0.0836. The Balaban J connectivity index is 1.81.